The number of aromatic nitrogens is 1. The smallest absolute Gasteiger partial charge is 0.165 e. The average Bonchev–Trinajstić information content (AvgIpc) is 2.96. The van der Waals surface area contributed by atoms with Gasteiger partial charge in [0.1, 0.15) is 0 Å². The predicted octanol–water partition coefficient (Wildman–Crippen LogP) is 1.91. The van der Waals surface area contributed by atoms with Gasteiger partial charge >= 0.3 is 0 Å². The summed E-state index contributed by atoms with van der Waals surface area (Å²) in [5.74, 6) is 7.06. The maximum atomic E-state index is 5.67. The molecule has 0 saturated carbocycles. The zero-order chi connectivity index (χ0) is 13.7. The van der Waals surface area contributed by atoms with Crippen molar-refractivity contribution >= 4 is 11.3 Å². The van der Waals surface area contributed by atoms with Crippen molar-refractivity contribution in [3.8, 4) is 11.5 Å². The second kappa shape index (κ2) is 6.51. The first-order valence-electron chi connectivity index (χ1n) is 5.85. The van der Waals surface area contributed by atoms with Crippen LogP contribution in [0.25, 0.3) is 0 Å². The minimum Gasteiger partial charge on any atom is -0.493 e. The Morgan fingerprint density at radius 1 is 1.37 bits per heavy atom. The summed E-state index contributed by atoms with van der Waals surface area (Å²) in [5.41, 5.74) is 3.77. The summed E-state index contributed by atoms with van der Waals surface area (Å²) in [6.07, 6.45) is 2.49. The van der Waals surface area contributed by atoms with Gasteiger partial charge in [0.2, 0.25) is 0 Å². The molecule has 6 heteroatoms. The molecule has 3 N–H and O–H groups in total. The molecule has 0 radical (unpaired) electrons. The number of thiazole rings is 1. The highest BCUT2D eigenvalue weighted by Crippen LogP contribution is 2.35. The van der Waals surface area contributed by atoms with Gasteiger partial charge < -0.3 is 9.47 Å². The molecule has 1 atom stereocenters. The normalized spacial score (nSPS) is 12.2. The Morgan fingerprint density at radius 3 is 2.79 bits per heavy atom. The first kappa shape index (κ1) is 13.8. The summed E-state index contributed by atoms with van der Waals surface area (Å²) in [6.45, 7) is 0. The molecule has 0 spiro atoms. The molecule has 2 rings (SSSR count). The lowest BCUT2D eigenvalue weighted by Crippen LogP contribution is -2.30. The van der Waals surface area contributed by atoms with Crippen molar-refractivity contribution in [2.45, 2.75) is 12.5 Å². The van der Waals surface area contributed by atoms with E-state index in [4.69, 9.17) is 15.3 Å². The van der Waals surface area contributed by atoms with Crippen LogP contribution in [0.1, 0.15) is 16.6 Å². The number of methoxy groups -OCH3 is 2. The molecule has 1 aromatic carbocycles. The van der Waals surface area contributed by atoms with E-state index in [1.165, 1.54) is 0 Å². The van der Waals surface area contributed by atoms with Crippen molar-refractivity contribution in [2.24, 2.45) is 5.84 Å². The predicted molar refractivity (Wildman–Crippen MR) is 75.4 cm³/mol. The van der Waals surface area contributed by atoms with Crippen LogP contribution in [-0.2, 0) is 6.42 Å². The standard InChI is InChI=1S/C13H17N3O2S/c1-17-11-5-3-4-9(13(11)18-2)10(16-14)8-12-15-6-7-19-12/h3-7,10,16H,8,14H2,1-2H3. The van der Waals surface area contributed by atoms with Gasteiger partial charge in [-0.3, -0.25) is 11.3 Å². The third kappa shape index (κ3) is 3.04. The van der Waals surface area contributed by atoms with E-state index in [-0.39, 0.29) is 6.04 Å². The number of para-hydroxylation sites is 1. The molecule has 0 bridgehead atoms. The number of nitrogens with zero attached hydrogens (tertiary/aromatic N) is 1. The fourth-order valence-corrected chi connectivity index (χ4v) is 2.64. The Morgan fingerprint density at radius 2 is 2.21 bits per heavy atom. The lowest BCUT2D eigenvalue weighted by molar-refractivity contribution is 0.346. The molecule has 19 heavy (non-hydrogen) atoms. The monoisotopic (exact) mass is 279 g/mol. The molecule has 0 amide bonds. The van der Waals surface area contributed by atoms with Gasteiger partial charge in [-0.1, -0.05) is 12.1 Å². The van der Waals surface area contributed by atoms with E-state index in [9.17, 15) is 0 Å². The number of benzene rings is 1. The molecule has 1 aromatic heterocycles. The van der Waals surface area contributed by atoms with Crippen LogP contribution >= 0.6 is 11.3 Å². The number of ether oxygens (including phenoxy) is 2. The molecule has 0 saturated heterocycles. The quantitative estimate of drug-likeness (QED) is 0.624. The van der Waals surface area contributed by atoms with Crippen molar-refractivity contribution in [1.29, 1.82) is 0 Å². The van der Waals surface area contributed by atoms with E-state index in [1.807, 2.05) is 23.6 Å². The van der Waals surface area contributed by atoms with Crippen molar-refractivity contribution in [3.63, 3.8) is 0 Å². The van der Waals surface area contributed by atoms with Crippen molar-refractivity contribution in [3.05, 3.63) is 40.3 Å². The first-order chi connectivity index (χ1) is 9.30. The maximum absolute atomic E-state index is 5.67. The fourth-order valence-electron chi connectivity index (χ4n) is 1.97. The Kier molecular flexibility index (Phi) is 4.73. The highest BCUT2D eigenvalue weighted by molar-refractivity contribution is 7.09. The molecule has 1 unspecified atom stereocenters. The zero-order valence-corrected chi connectivity index (χ0v) is 11.7. The van der Waals surface area contributed by atoms with E-state index in [0.29, 0.717) is 17.9 Å². The molecule has 0 aliphatic rings. The maximum Gasteiger partial charge on any atom is 0.165 e. The van der Waals surface area contributed by atoms with E-state index in [1.54, 1.807) is 31.8 Å². The van der Waals surface area contributed by atoms with Gasteiger partial charge in [0.05, 0.1) is 25.3 Å². The number of hydrogen-bond donors (Lipinski definition) is 2. The van der Waals surface area contributed by atoms with Gasteiger partial charge in [0.15, 0.2) is 11.5 Å². The Balaban J connectivity index is 2.32. The van der Waals surface area contributed by atoms with Gasteiger partial charge in [-0.2, -0.15) is 0 Å². The highest BCUT2D eigenvalue weighted by Gasteiger charge is 2.19. The molecule has 0 aliphatic heterocycles. The van der Waals surface area contributed by atoms with Crippen LogP contribution in [0.15, 0.2) is 29.8 Å². The van der Waals surface area contributed by atoms with Crippen LogP contribution in [0.2, 0.25) is 0 Å². The number of hydrogen-bond acceptors (Lipinski definition) is 6. The minimum atomic E-state index is -0.0730. The third-order valence-electron chi connectivity index (χ3n) is 2.87. The summed E-state index contributed by atoms with van der Waals surface area (Å²) < 4.78 is 10.7. The van der Waals surface area contributed by atoms with Crippen molar-refractivity contribution in [2.75, 3.05) is 14.2 Å². The lowest BCUT2D eigenvalue weighted by atomic mass is 10.0. The van der Waals surface area contributed by atoms with Crippen molar-refractivity contribution in [1.82, 2.24) is 10.4 Å². The molecule has 1 heterocycles. The van der Waals surface area contributed by atoms with Crippen LogP contribution in [-0.4, -0.2) is 19.2 Å². The molecule has 5 nitrogen and oxygen atoms in total. The van der Waals surface area contributed by atoms with Gasteiger partial charge in [-0.15, -0.1) is 11.3 Å². The van der Waals surface area contributed by atoms with Gasteiger partial charge in [0, 0.05) is 23.6 Å². The fraction of sp³-hybridized carbons (Fsp3) is 0.308. The Labute approximate surface area is 116 Å². The second-order valence-electron chi connectivity index (χ2n) is 3.93. The summed E-state index contributed by atoms with van der Waals surface area (Å²) in [5, 5.41) is 2.97. The van der Waals surface area contributed by atoms with Gasteiger partial charge in [-0.25, -0.2) is 4.98 Å². The lowest BCUT2D eigenvalue weighted by Gasteiger charge is -2.19. The zero-order valence-electron chi connectivity index (χ0n) is 10.9. The minimum absolute atomic E-state index is 0.0730. The number of nitrogens with one attached hydrogen (secondary N) is 1. The van der Waals surface area contributed by atoms with E-state index >= 15 is 0 Å². The van der Waals surface area contributed by atoms with Crippen LogP contribution in [0, 0.1) is 0 Å². The molecule has 0 aliphatic carbocycles. The van der Waals surface area contributed by atoms with Crippen LogP contribution < -0.4 is 20.7 Å². The van der Waals surface area contributed by atoms with E-state index < -0.39 is 0 Å². The Bertz CT molecular complexity index is 517. The van der Waals surface area contributed by atoms with Gasteiger partial charge in [-0.05, 0) is 6.07 Å². The van der Waals surface area contributed by atoms with Crippen LogP contribution in [0.3, 0.4) is 0 Å². The largest absolute Gasteiger partial charge is 0.493 e. The average molecular weight is 279 g/mol. The number of rotatable bonds is 6. The van der Waals surface area contributed by atoms with Crippen molar-refractivity contribution < 1.29 is 9.47 Å². The van der Waals surface area contributed by atoms with Crippen LogP contribution in [0.4, 0.5) is 0 Å². The topological polar surface area (TPSA) is 69.4 Å². The van der Waals surface area contributed by atoms with E-state index in [0.717, 1.165) is 10.6 Å². The summed E-state index contributed by atoms with van der Waals surface area (Å²) >= 11 is 1.61. The summed E-state index contributed by atoms with van der Waals surface area (Å²) in [6, 6.07) is 5.68. The summed E-state index contributed by atoms with van der Waals surface area (Å²) in [4.78, 5) is 4.28. The molecule has 0 fully saturated rings. The molecular weight excluding hydrogens is 262 g/mol. The highest BCUT2D eigenvalue weighted by atomic mass is 32.1. The van der Waals surface area contributed by atoms with Gasteiger partial charge in [0.25, 0.3) is 0 Å². The third-order valence-corrected chi connectivity index (χ3v) is 3.67. The molecule has 2 aromatic rings. The number of nitrogens with two attached hydrogens (primary N) is 1. The Hall–Kier alpha value is -1.63. The van der Waals surface area contributed by atoms with E-state index in [2.05, 4.69) is 10.4 Å². The SMILES string of the molecule is COc1cccc(C(Cc2nccs2)NN)c1OC. The molecule has 102 valence electrons. The number of hydrazine groups is 1. The molecular formula is C13H17N3O2S. The first-order valence-corrected chi connectivity index (χ1v) is 6.73. The second-order valence-corrected chi connectivity index (χ2v) is 4.91. The van der Waals surface area contributed by atoms with Crippen LogP contribution in [0.5, 0.6) is 11.5 Å². The summed E-state index contributed by atoms with van der Waals surface area (Å²) in [7, 11) is 3.24.